The van der Waals surface area contributed by atoms with Gasteiger partial charge in [0.15, 0.2) is 0 Å². The van der Waals surface area contributed by atoms with Crippen molar-refractivity contribution < 1.29 is 13.2 Å². The van der Waals surface area contributed by atoms with E-state index in [0.29, 0.717) is 5.56 Å². The number of nitrogens with two attached hydrogens (primary N) is 1. The Kier molecular flexibility index (Phi) is 4.96. The van der Waals surface area contributed by atoms with E-state index in [-0.39, 0.29) is 11.1 Å². The highest BCUT2D eigenvalue weighted by molar-refractivity contribution is 7.15. The fourth-order valence-electron chi connectivity index (χ4n) is 2.04. The Hall–Kier alpha value is -1.04. The van der Waals surface area contributed by atoms with Crippen LogP contribution in [0.15, 0.2) is 30.3 Å². The fourth-order valence-corrected chi connectivity index (χ4v) is 3.46. The molecule has 0 bridgehead atoms. The maximum Gasteiger partial charge on any atom is 0.416 e. The van der Waals surface area contributed by atoms with Crippen molar-refractivity contribution in [3.63, 3.8) is 0 Å². The minimum atomic E-state index is -4.38. The minimum absolute atomic E-state index is 0.0398. The first-order valence-corrected chi connectivity index (χ1v) is 7.74. The zero-order valence-corrected chi connectivity index (χ0v) is 12.9. The number of alkyl halides is 3. The van der Waals surface area contributed by atoms with Crippen LogP contribution in [0.2, 0.25) is 5.02 Å². The zero-order valence-electron chi connectivity index (χ0n) is 11.4. The molecule has 2 N–H and O–H groups in total. The molecule has 1 heterocycles. The van der Waals surface area contributed by atoms with E-state index in [2.05, 4.69) is 6.92 Å². The van der Waals surface area contributed by atoms with Gasteiger partial charge in [-0.1, -0.05) is 31.0 Å². The second kappa shape index (κ2) is 6.38. The Labute approximate surface area is 130 Å². The van der Waals surface area contributed by atoms with Gasteiger partial charge in [-0.2, -0.15) is 13.2 Å². The molecule has 0 saturated carbocycles. The van der Waals surface area contributed by atoms with E-state index >= 15 is 0 Å². The molecule has 21 heavy (non-hydrogen) atoms. The summed E-state index contributed by atoms with van der Waals surface area (Å²) < 4.78 is 37.9. The Bertz CT molecular complexity index is 622. The fraction of sp³-hybridized carbons (Fsp3) is 0.333. The molecule has 2 rings (SSSR count). The lowest BCUT2D eigenvalue weighted by molar-refractivity contribution is -0.137. The Morgan fingerprint density at radius 2 is 1.95 bits per heavy atom. The van der Waals surface area contributed by atoms with Crippen molar-refractivity contribution in [1.29, 1.82) is 0 Å². The van der Waals surface area contributed by atoms with E-state index in [9.17, 15) is 13.2 Å². The first-order chi connectivity index (χ1) is 9.82. The molecule has 1 nitrogen and oxygen atoms in total. The SMILES string of the molecule is CCCC(N)c1ccc(-c2ccc(C(F)(F)F)cc2Cl)s1. The summed E-state index contributed by atoms with van der Waals surface area (Å²) in [4.78, 5) is 1.85. The molecule has 114 valence electrons. The zero-order chi connectivity index (χ0) is 15.6. The highest BCUT2D eigenvalue weighted by Gasteiger charge is 2.31. The molecular weight excluding hydrogens is 319 g/mol. The van der Waals surface area contributed by atoms with E-state index < -0.39 is 11.7 Å². The Balaban J connectivity index is 2.31. The monoisotopic (exact) mass is 333 g/mol. The molecule has 0 aliphatic carbocycles. The molecular formula is C15H15ClF3NS. The van der Waals surface area contributed by atoms with E-state index in [1.807, 2.05) is 12.1 Å². The summed E-state index contributed by atoms with van der Waals surface area (Å²) in [6.45, 7) is 2.06. The van der Waals surface area contributed by atoms with Gasteiger partial charge in [-0.05, 0) is 30.7 Å². The van der Waals surface area contributed by atoms with Crippen LogP contribution in [0, 0.1) is 0 Å². The van der Waals surface area contributed by atoms with Gasteiger partial charge >= 0.3 is 6.18 Å². The summed E-state index contributed by atoms with van der Waals surface area (Å²) in [5.41, 5.74) is 5.91. The average molecular weight is 334 g/mol. The highest BCUT2D eigenvalue weighted by Crippen LogP contribution is 2.39. The summed E-state index contributed by atoms with van der Waals surface area (Å²) in [5, 5.41) is 0.0993. The third-order valence-electron chi connectivity index (χ3n) is 3.15. The summed E-state index contributed by atoms with van der Waals surface area (Å²) in [6.07, 6.45) is -2.53. The third kappa shape index (κ3) is 3.78. The number of halogens is 4. The lowest BCUT2D eigenvalue weighted by Gasteiger charge is -2.09. The van der Waals surface area contributed by atoms with E-state index in [1.54, 1.807) is 0 Å². The van der Waals surface area contributed by atoms with Crippen molar-refractivity contribution in [1.82, 2.24) is 0 Å². The van der Waals surface area contributed by atoms with Gasteiger partial charge in [-0.15, -0.1) is 11.3 Å². The van der Waals surface area contributed by atoms with Crippen LogP contribution in [0.5, 0.6) is 0 Å². The van der Waals surface area contributed by atoms with Crippen molar-refractivity contribution in [3.05, 3.63) is 45.8 Å². The largest absolute Gasteiger partial charge is 0.416 e. The number of hydrogen-bond donors (Lipinski definition) is 1. The number of benzene rings is 1. The molecule has 1 aromatic carbocycles. The molecule has 0 spiro atoms. The molecule has 0 fully saturated rings. The highest BCUT2D eigenvalue weighted by atomic mass is 35.5. The average Bonchev–Trinajstić information content (AvgIpc) is 2.87. The second-order valence-corrected chi connectivity index (χ2v) is 6.31. The van der Waals surface area contributed by atoms with Crippen LogP contribution in [0.3, 0.4) is 0 Å². The lowest BCUT2D eigenvalue weighted by Crippen LogP contribution is -2.07. The predicted molar refractivity (Wildman–Crippen MR) is 81.6 cm³/mol. The predicted octanol–water partition coefficient (Wildman–Crippen LogP) is 5.89. The Morgan fingerprint density at radius 3 is 2.52 bits per heavy atom. The quantitative estimate of drug-likeness (QED) is 0.742. The maximum atomic E-state index is 12.6. The van der Waals surface area contributed by atoms with Gasteiger partial charge in [-0.25, -0.2) is 0 Å². The molecule has 1 atom stereocenters. The van der Waals surface area contributed by atoms with Gasteiger partial charge in [0.2, 0.25) is 0 Å². The topological polar surface area (TPSA) is 26.0 Å². The van der Waals surface area contributed by atoms with Gasteiger partial charge in [0.25, 0.3) is 0 Å². The van der Waals surface area contributed by atoms with Crippen LogP contribution < -0.4 is 5.73 Å². The van der Waals surface area contributed by atoms with Crippen LogP contribution >= 0.6 is 22.9 Å². The molecule has 1 unspecified atom stereocenters. The first-order valence-electron chi connectivity index (χ1n) is 6.55. The van der Waals surface area contributed by atoms with Crippen LogP contribution in [-0.2, 0) is 6.18 Å². The van der Waals surface area contributed by atoms with Crippen molar-refractivity contribution in [2.45, 2.75) is 32.0 Å². The summed E-state index contributed by atoms with van der Waals surface area (Å²) in [6, 6.07) is 7.14. The van der Waals surface area contributed by atoms with Crippen molar-refractivity contribution in [2.75, 3.05) is 0 Å². The minimum Gasteiger partial charge on any atom is -0.323 e. The lowest BCUT2D eigenvalue weighted by atomic mass is 10.1. The maximum absolute atomic E-state index is 12.6. The number of hydrogen-bond acceptors (Lipinski definition) is 2. The summed E-state index contributed by atoms with van der Waals surface area (Å²) >= 11 is 7.47. The second-order valence-electron chi connectivity index (χ2n) is 4.79. The van der Waals surface area contributed by atoms with Gasteiger partial charge in [0.05, 0.1) is 5.56 Å². The molecule has 2 aromatic rings. The smallest absolute Gasteiger partial charge is 0.323 e. The number of thiophene rings is 1. The van der Waals surface area contributed by atoms with Gasteiger partial charge in [0, 0.05) is 26.4 Å². The first kappa shape index (κ1) is 16.3. The molecule has 0 aliphatic rings. The molecule has 0 saturated heterocycles. The van der Waals surface area contributed by atoms with Crippen molar-refractivity contribution in [2.24, 2.45) is 5.73 Å². The molecule has 0 aliphatic heterocycles. The van der Waals surface area contributed by atoms with Gasteiger partial charge in [-0.3, -0.25) is 0 Å². The normalized spacial score (nSPS) is 13.4. The van der Waals surface area contributed by atoms with Crippen LogP contribution in [-0.4, -0.2) is 0 Å². The van der Waals surface area contributed by atoms with Crippen LogP contribution in [0.1, 0.15) is 36.2 Å². The summed E-state index contributed by atoms with van der Waals surface area (Å²) in [5.74, 6) is 0. The van der Waals surface area contributed by atoms with Crippen LogP contribution in [0.25, 0.3) is 10.4 Å². The van der Waals surface area contributed by atoms with E-state index in [0.717, 1.165) is 34.7 Å². The standard InChI is InChI=1S/C15H15ClF3NS/c1-2-3-12(20)14-7-6-13(21-14)10-5-4-9(8-11(10)16)15(17,18)19/h4-8,12H,2-3,20H2,1H3. The van der Waals surface area contributed by atoms with E-state index in [4.69, 9.17) is 17.3 Å². The summed E-state index contributed by atoms with van der Waals surface area (Å²) in [7, 11) is 0. The van der Waals surface area contributed by atoms with E-state index in [1.165, 1.54) is 17.4 Å². The number of rotatable bonds is 4. The molecule has 1 aromatic heterocycles. The van der Waals surface area contributed by atoms with Crippen LogP contribution in [0.4, 0.5) is 13.2 Å². The van der Waals surface area contributed by atoms with Crippen molar-refractivity contribution in [3.8, 4) is 10.4 Å². The third-order valence-corrected chi connectivity index (χ3v) is 4.72. The molecule has 0 amide bonds. The Morgan fingerprint density at radius 1 is 1.24 bits per heavy atom. The van der Waals surface area contributed by atoms with Gasteiger partial charge in [0.1, 0.15) is 0 Å². The van der Waals surface area contributed by atoms with Crippen molar-refractivity contribution >= 4 is 22.9 Å². The molecule has 0 radical (unpaired) electrons. The molecule has 6 heteroatoms. The van der Waals surface area contributed by atoms with Gasteiger partial charge < -0.3 is 5.73 Å².